The summed E-state index contributed by atoms with van der Waals surface area (Å²) >= 11 is 1.74. The molecular weight excluding hydrogens is 719 g/mol. The first-order valence-electron chi connectivity index (χ1n) is 18.6. The molecule has 290 valence electrons. The molecule has 12 heteroatoms. The summed E-state index contributed by atoms with van der Waals surface area (Å²) in [5.41, 5.74) is 4.79. The Bertz CT molecular complexity index is 2110. The number of nitrogens with zero attached hydrogens (tertiary/aromatic N) is 3. The number of carbonyl (C=O) groups is 1. The molecule has 2 aliphatic heterocycles. The van der Waals surface area contributed by atoms with Crippen molar-refractivity contribution in [3.05, 3.63) is 102 Å². The number of fused-ring (bicyclic) bond motifs is 2. The van der Waals surface area contributed by atoms with Crippen LogP contribution >= 0.6 is 11.8 Å². The molecule has 5 heterocycles. The molecule has 0 bridgehead atoms. The SMILES string of the molecule is CCOc1ccc(-c2ccc(Cn3c(CC(C)(C)C(=O)O[C@@]4(O)CO[C@@H]5[C@H](O)CO[C@@H]54)c(SC(C)(C)C)c4cc(OCc5ccccn5)ccc43)cc2)cn1. The molecule has 55 heavy (non-hydrogen) atoms. The summed E-state index contributed by atoms with van der Waals surface area (Å²) in [5.74, 6) is -1.30. The Morgan fingerprint density at radius 3 is 2.45 bits per heavy atom. The predicted molar refractivity (Wildman–Crippen MR) is 210 cm³/mol. The summed E-state index contributed by atoms with van der Waals surface area (Å²) in [5, 5.41) is 22.7. The maximum atomic E-state index is 14.1. The lowest BCUT2D eigenvalue weighted by atomic mass is 9.87. The lowest BCUT2D eigenvalue weighted by molar-refractivity contribution is -0.244. The second kappa shape index (κ2) is 15.6. The van der Waals surface area contributed by atoms with Gasteiger partial charge in [0.1, 0.15) is 31.2 Å². The van der Waals surface area contributed by atoms with Crippen LogP contribution in [0, 0.1) is 5.41 Å². The van der Waals surface area contributed by atoms with Gasteiger partial charge in [-0.25, -0.2) is 4.98 Å². The van der Waals surface area contributed by atoms with Gasteiger partial charge in [0.2, 0.25) is 5.88 Å². The van der Waals surface area contributed by atoms with E-state index in [1.54, 1.807) is 18.0 Å². The summed E-state index contributed by atoms with van der Waals surface area (Å²) in [7, 11) is 0. The van der Waals surface area contributed by atoms with Crippen LogP contribution in [0.2, 0.25) is 0 Å². The molecule has 11 nitrogen and oxygen atoms in total. The van der Waals surface area contributed by atoms with Gasteiger partial charge in [-0.3, -0.25) is 9.78 Å². The van der Waals surface area contributed by atoms with E-state index >= 15 is 0 Å². The number of ether oxygens (including phenoxy) is 5. The number of pyridine rings is 2. The molecule has 2 N–H and O–H groups in total. The molecule has 7 rings (SSSR count). The van der Waals surface area contributed by atoms with Gasteiger partial charge in [-0.15, -0.1) is 11.8 Å². The Morgan fingerprint density at radius 2 is 1.76 bits per heavy atom. The fourth-order valence-corrected chi connectivity index (χ4v) is 8.17. The lowest BCUT2D eigenvalue weighted by Crippen LogP contribution is -2.50. The van der Waals surface area contributed by atoms with E-state index < -0.39 is 35.5 Å². The maximum absolute atomic E-state index is 14.1. The third-order valence-electron chi connectivity index (χ3n) is 9.75. The fourth-order valence-electron chi connectivity index (χ4n) is 6.99. The van der Waals surface area contributed by atoms with Crippen molar-refractivity contribution in [2.24, 2.45) is 5.41 Å². The Balaban J connectivity index is 1.25. The standard InChI is InChI=1S/C43H49N3O8S/c1-7-50-36-18-15-29(22-45-36)28-13-11-27(12-14-28)23-46-33-17-16-31(51-24-30-10-8-9-19-44-30)20-32(33)38(55-41(2,3)4)34(46)21-42(5,6)40(48)54-43(49)26-53-37-35(47)25-52-39(37)43/h8-20,22,35,37,39,47,49H,7,21,23-26H2,1-6H3/t35-,37-,39+,43+/m1/s1. The number of rotatable bonds is 13. The topological polar surface area (TPSA) is 134 Å². The quantitative estimate of drug-likeness (QED) is 0.0731. The number of aliphatic hydroxyl groups excluding tert-OH is 1. The van der Waals surface area contributed by atoms with Gasteiger partial charge < -0.3 is 38.5 Å². The lowest BCUT2D eigenvalue weighted by Gasteiger charge is -2.32. The number of benzene rings is 2. The van der Waals surface area contributed by atoms with Crippen LogP contribution in [0.15, 0.2) is 90.1 Å². The molecule has 0 amide bonds. The molecule has 0 saturated carbocycles. The number of aromatic nitrogens is 3. The molecule has 2 aromatic carbocycles. The van der Waals surface area contributed by atoms with E-state index in [9.17, 15) is 15.0 Å². The van der Waals surface area contributed by atoms with E-state index in [-0.39, 0.29) is 18.0 Å². The van der Waals surface area contributed by atoms with E-state index in [4.69, 9.17) is 23.7 Å². The molecule has 2 saturated heterocycles. The molecule has 0 radical (unpaired) electrons. The smallest absolute Gasteiger partial charge is 0.314 e. The predicted octanol–water partition coefficient (Wildman–Crippen LogP) is 6.97. The number of thioether (sulfide) groups is 1. The minimum Gasteiger partial charge on any atom is -0.487 e. The Hall–Kier alpha value is -4.46. The van der Waals surface area contributed by atoms with Crippen LogP contribution in [0.1, 0.15) is 58.5 Å². The molecular formula is C43H49N3O8S. The van der Waals surface area contributed by atoms with Gasteiger partial charge >= 0.3 is 5.97 Å². The van der Waals surface area contributed by atoms with E-state index in [0.29, 0.717) is 37.8 Å². The molecule has 0 aliphatic carbocycles. The third-order valence-corrected chi connectivity index (χ3v) is 11.0. The summed E-state index contributed by atoms with van der Waals surface area (Å²) in [4.78, 5) is 24.0. The van der Waals surface area contributed by atoms with Crippen molar-refractivity contribution >= 4 is 28.6 Å². The highest BCUT2D eigenvalue weighted by Gasteiger charge is 2.59. The van der Waals surface area contributed by atoms with Crippen molar-refractivity contribution in [1.82, 2.24) is 14.5 Å². The average molecular weight is 768 g/mol. The van der Waals surface area contributed by atoms with E-state index in [2.05, 4.69) is 71.7 Å². The van der Waals surface area contributed by atoms with E-state index in [0.717, 1.165) is 43.9 Å². The normalized spacial score (nSPS) is 21.1. The second-order valence-electron chi connectivity index (χ2n) is 15.8. The van der Waals surface area contributed by atoms with Crippen LogP contribution in [-0.4, -0.2) is 79.4 Å². The van der Waals surface area contributed by atoms with Crippen LogP contribution < -0.4 is 9.47 Å². The largest absolute Gasteiger partial charge is 0.487 e. The molecule has 0 spiro atoms. The highest BCUT2D eigenvalue weighted by atomic mass is 32.2. The molecule has 2 fully saturated rings. The van der Waals surface area contributed by atoms with Crippen LogP contribution in [0.4, 0.5) is 0 Å². The molecule has 3 aromatic heterocycles. The van der Waals surface area contributed by atoms with Crippen molar-refractivity contribution in [3.8, 4) is 22.8 Å². The van der Waals surface area contributed by atoms with Gasteiger partial charge in [-0.05, 0) is 68.3 Å². The van der Waals surface area contributed by atoms with Gasteiger partial charge in [-0.1, -0.05) is 51.1 Å². The number of carbonyl (C=O) groups excluding carboxylic acids is 1. The second-order valence-corrected chi connectivity index (χ2v) is 17.6. The zero-order chi connectivity index (χ0) is 39.0. The van der Waals surface area contributed by atoms with E-state index in [1.165, 1.54) is 0 Å². The molecule has 0 unspecified atom stereocenters. The number of hydrogen-bond acceptors (Lipinski definition) is 11. The van der Waals surface area contributed by atoms with Gasteiger partial charge in [-0.2, -0.15) is 0 Å². The van der Waals surface area contributed by atoms with Crippen molar-refractivity contribution < 1.29 is 38.7 Å². The highest BCUT2D eigenvalue weighted by Crippen LogP contribution is 2.45. The van der Waals surface area contributed by atoms with Gasteiger partial charge in [0.15, 0.2) is 6.10 Å². The van der Waals surface area contributed by atoms with Crippen molar-refractivity contribution in [3.63, 3.8) is 0 Å². The summed E-state index contributed by atoms with van der Waals surface area (Å²) in [6, 6.07) is 24.2. The van der Waals surface area contributed by atoms with Crippen LogP contribution in [0.3, 0.4) is 0 Å². The third kappa shape index (κ3) is 8.53. The minimum absolute atomic E-state index is 0.00227. The fraction of sp³-hybridized carbons (Fsp3) is 0.419. The maximum Gasteiger partial charge on any atom is 0.314 e. The zero-order valence-electron chi connectivity index (χ0n) is 32.2. The zero-order valence-corrected chi connectivity index (χ0v) is 33.0. The Labute approximate surface area is 326 Å². The molecule has 2 aliphatic rings. The van der Waals surface area contributed by atoms with Crippen LogP contribution in [0.5, 0.6) is 11.6 Å². The number of hydrogen-bond donors (Lipinski definition) is 2. The van der Waals surface area contributed by atoms with Gasteiger partial charge in [0.05, 0.1) is 24.3 Å². The Kier molecular flexibility index (Phi) is 11.0. The van der Waals surface area contributed by atoms with Crippen molar-refractivity contribution in [2.45, 2.75) is 94.9 Å². The first-order valence-corrected chi connectivity index (χ1v) is 19.5. The summed E-state index contributed by atoms with van der Waals surface area (Å²) in [6.07, 6.45) is 1.24. The van der Waals surface area contributed by atoms with Crippen LogP contribution in [-0.2, 0) is 38.6 Å². The average Bonchev–Trinajstić information content (AvgIpc) is 3.79. The Morgan fingerprint density at radius 1 is 0.982 bits per heavy atom. The number of esters is 1. The first kappa shape index (κ1) is 38.8. The van der Waals surface area contributed by atoms with Crippen molar-refractivity contribution in [2.75, 3.05) is 19.8 Å². The highest BCUT2D eigenvalue weighted by molar-refractivity contribution is 8.00. The monoisotopic (exact) mass is 767 g/mol. The summed E-state index contributed by atoms with van der Waals surface area (Å²) < 4.78 is 30.9. The van der Waals surface area contributed by atoms with Crippen molar-refractivity contribution in [1.29, 1.82) is 0 Å². The minimum atomic E-state index is -2.01. The van der Waals surface area contributed by atoms with Crippen LogP contribution in [0.25, 0.3) is 22.0 Å². The number of aliphatic hydroxyl groups is 2. The van der Waals surface area contributed by atoms with E-state index in [1.807, 2.05) is 63.4 Å². The summed E-state index contributed by atoms with van der Waals surface area (Å²) in [6.45, 7) is 13.2. The first-order chi connectivity index (χ1) is 26.2. The molecule has 4 atom stereocenters. The molecule has 5 aromatic rings. The van der Waals surface area contributed by atoms with Gasteiger partial charge in [0.25, 0.3) is 5.79 Å². The van der Waals surface area contributed by atoms with Gasteiger partial charge in [0, 0.05) is 63.2 Å².